The summed E-state index contributed by atoms with van der Waals surface area (Å²) >= 11 is 0. The highest BCUT2D eigenvalue weighted by molar-refractivity contribution is 5.72. The van der Waals surface area contributed by atoms with Crippen molar-refractivity contribution in [3.63, 3.8) is 0 Å². The molecule has 1 aromatic heterocycles. The third-order valence-corrected chi connectivity index (χ3v) is 5.22. The van der Waals surface area contributed by atoms with E-state index in [9.17, 15) is 13.2 Å². The van der Waals surface area contributed by atoms with Crippen LogP contribution in [0.4, 0.5) is 13.2 Å². The number of alkyl halides is 3. The fourth-order valence-corrected chi connectivity index (χ4v) is 3.26. The summed E-state index contributed by atoms with van der Waals surface area (Å²) in [6.07, 6.45) is -1.09. The molecule has 144 valence electrons. The van der Waals surface area contributed by atoms with E-state index in [-0.39, 0.29) is 5.56 Å². The molecule has 0 saturated heterocycles. The standard InChI is InChI=1S/C21H14F3N5/c1-19(26-27-19)17-6-2-13(3-7-17)15-10-16(12-25-11-15)14-4-8-18(9-5-14)20(28-29-20)21(22,23)24/h2-12H,1H3. The average Bonchev–Trinajstić information content (AvgIpc) is 3.64. The van der Waals surface area contributed by atoms with E-state index < -0.39 is 17.5 Å². The molecule has 0 saturated carbocycles. The minimum Gasteiger partial charge on any atom is -0.263 e. The molecule has 5 rings (SSSR count). The van der Waals surface area contributed by atoms with Gasteiger partial charge >= 0.3 is 11.8 Å². The largest absolute Gasteiger partial charge is 0.442 e. The molecule has 0 amide bonds. The maximum atomic E-state index is 13.1. The van der Waals surface area contributed by atoms with Crippen LogP contribution in [0.25, 0.3) is 22.3 Å². The summed E-state index contributed by atoms with van der Waals surface area (Å²) in [5, 5.41) is 14.5. The van der Waals surface area contributed by atoms with E-state index in [1.165, 1.54) is 12.1 Å². The maximum Gasteiger partial charge on any atom is 0.442 e. The number of aromatic nitrogens is 1. The average molecular weight is 393 g/mol. The topological polar surface area (TPSA) is 62.3 Å². The number of nitrogens with zero attached hydrogens (tertiary/aromatic N) is 5. The number of pyridine rings is 1. The van der Waals surface area contributed by atoms with Crippen molar-refractivity contribution >= 4 is 0 Å². The van der Waals surface area contributed by atoms with Crippen LogP contribution in [-0.4, -0.2) is 11.2 Å². The van der Waals surface area contributed by atoms with Gasteiger partial charge < -0.3 is 0 Å². The maximum absolute atomic E-state index is 13.1. The lowest BCUT2D eigenvalue weighted by Gasteiger charge is -2.15. The van der Waals surface area contributed by atoms with E-state index in [2.05, 4.69) is 25.4 Å². The molecule has 3 heterocycles. The van der Waals surface area contributed by atoms with Crippen LogP contribution < -0.4 is 0 Å². The van der Waals surface area contributed by atoms with Crippen molar-refractivity contribution in [2.75, 3.05) is 0 Å². The van der Waals surface area contributed by atoms with Gasteiger partial charge in [-0.2, -0.15) is 23.4 Å². The summed E-state index contributed by atoms with van der Waals surface area (Å²) in [7, 11) is 0. The van der Waals surface area contributed by atoms with E-state index in [4.69, 9.17) is 0 Å². The summed E-state index contributed by atoms with van der Waals surface area (Å²) < 4.78 is 39.4. The van der Waals surface area contributed by atoms with Gasteiger partial charge in [-0.15, -0.1) is 10.2 Å². The van der Waals surface area contributed by atoms with Crippen LogP contribution in [0.2, 0.25) is 0 Å². The van der Waals surface area contributed by atoms with Crippen molar-refractivity contribution in [3.8, 4) is 22.3 Å². The van der Waals surface area contributed by atoms with E-state index in [0.29, 0.717) is 0 Å². The smallest absolute Gasteiger partial charge is 0.263 e. The number of hydrogen-bond acceptors (Lipinski definition) is 5. The summed E-state index contributed by atoms with van der Waals surface area (Å²) in [5.74, 6) is 0. The molecule has 2 aliphatic rings. The highest BCUT2D eigenvalue weighted by Gasteiger charge is 2.65. The molecule has 29 heavy (non-hydrogen) atoms. The van der Waals surface area contributed by atoms with Gasteiger partial charge in [0.2, 0.25) is 5.66 Å². The van der Waals surface area contributed by atoms with E-state index >= 15 is 0 Å². The number of benzene rings is 2. The van der Waals surface area contributed by atoms with Gasteiger partial charge in [0, 0.05) is 34.6 Å². The normalized spacial score (nSPS) is 17.9. The summed E-state index contributed by atoms with van der Waals surface area (Å²) in [6, 6.07) is 16.0. The predicted molar refractivity (Wildman–Crippen MR) is 99.9 cm³/mol. The molecule has 0 radical (unpaired) electrons. The van der Waals surface area contributed by atoms with Gasteiger partial charge in [-0.25, -0.2) is 0 Å². The summed E-state index contributed by atoms with van der Waals surface area (Å²) in [4.78, 5) is 4.29. The third-order valence-electron chi connectivity index (χ3n) is 5.22. The molecule has 0 unspecified atom stereocenters. The first-order chi connectivity index (χ1) is 13.8. The van der Waals surface area contributed by atoms with Gasteiger partial charge in [-0.05, 0) is 24.1 Å². The molecule has 0 spiro atoms. The van der Waals surface area contributed by atoms with Gasteiger partial charge in [0.05, 0.1) is 0 Å². The first kappa shape index (κ1) is 17.7. The highest BCUT2D eigenvalue weighted by Crippen LogP contribution is 2.52. The number of rotatable bonds is 4. The van der Waals surface area contributed by atoms with Gasteiger partial charge in [0.1, 0.15) is 0 Å². The van der Waals surface area contributed by atoms with Crippen LogP contribution >= 0.6 is 0 Å². The van der Waals surface area contributed by atoms with Crippen molar-refractivity contribution in [3.05, 3.63) is 78.1 Å². The summed E-state index contributed by atoms with van der Waals surface area (Å²) in [6.45, 7) is 1.94. The molecule has 8 heteroatoms. The molecule has 0 N–H and O–H groups in total. The predicted octanol–water partition coefficient (Wildman–Crippen LogP) is 6.24. The van der Waals surface area contributed by atoms with Gasteiger partial charge in [-0.1, -0.05) is 48.5 Å². The first-order valence-electron chi connectivity index (χ1n) is 8.93. The minimum absolute atomic E-state index is 0.0119. The Hall–Kier alpha value is -3.42. The van der Waals surface area contributed by atoms with Crippen molar-refractivity contribution < 1.29 is 13.2 Å². The van der Waals surface area contributed by atoms with Crippen molar-refractivity contribution in [1.82, 2.24) is 4.98 Å². The Morgan fingerprint density at radius 2 is 1.14 bits per heavy atom. The molecule has 0 bridgehead atoms. The molecule has 5 nitrogen and oxygen atoms in total. The van der Waals surface area contributed by atoms with E-state index in [1.54, 1.807) is 24.5 Å². The second kappa shape index (κ2) is 5.79. The first-order valence-corrected chi connectivity index (χ1v) is 8.93. The van der Waals surface area contributed by atoms with Crippen LogP contribution in [0.15, 0.2) is 87.4 Å². The molecule has 2 aromatic carbocycles. The monoisotopic (exact) mass is 393 g/mol. The van der Waals surface area contributed by atoms with Crippen LogP contribution in [0.1, 0.15) is 18.1 Å². The summed E-state index contributed by atoms with van der Waals surface area (Å²) in [5.41, 5.74) is 1.68. The Morgan fingerprint density at radius 3 is 1.55 bits per heavy atom. The third kappa shape index (κ3) is 2.91. The molecule has 0 atom stereocenters. The molecule has 0 fully saturated rings. The van der Waals surface area contributed by atoms with Crippen LogP contribution in [0, 0.1) is 0 Å². The lowest BCUT2D eigenvalue weighted by Crippen LogP contribution is -2.29. The number of halogens is 3. The zero-order valence-electron chi connectivity index (χ0n) is 15.2. The molecule has 0 aliphatic carbocycles. The highest BCUT2D eigenvalue weighted by atomic mass is 19.4. The lowest BCUT2D eigenvalue weighted by atomic mass is 9.97. The Kier molecular flexibility index (Phi) is 3.53. The molecular formula is C21H14F3N5. The van der Waals surface area contributed by atoms with E-state index in [1.807, 2.05) is 37.3 Å². The molecular weight excluding hydrogens is 379 g/mol. The van der Waals surface area contributed by atoms with Crippen LogP contribution in [0.3, 0.4) is 0 Å². The second-order valence-electron chi connectivity index (χ2n) is 7.21. The van der Waals surface area contributed by atoms with E-state index in [0.717, 1.165) is 27.8 Å². The molecule has 3 aromatic rings. The zero-order valence-corrected chi connectivity index (χ0v) is 15.2. The van der Waals surface area contributed by atoms with Gasteiger partial charge in [0.25, 0.3) is 0 Å². The van der Waals surface area contributed by atoms with Gasteiger partial charge in [0.15, 0.2) is 0 Å². The second-order valence-corrected chi connectivity index (χ2v) is 7.21. The Labute approximate surface area is 164 Å². The fraction of sp³-hybridized carbons (Fsp3) is 0.190. The van der Waals surface area contributed by atoms with Crippen molar-refractivity contribution in [2.24, 2.45) is 20.5 Å². The quantitative estimate of drug-likeness (QED) is 0.518. The van der Waals surface area contributed by atoms with Crippen LogP contribution in [0.5, 0.6) is 0 Å². The van der Waals surface area contributed by atoms with Gasteiger partial charge in [-0.3, -0.25) is 4.98 Å². The zero-order chi connectivity index (χ0) is 20.3. The van der Waals surface area contributed by atoms with Crippen LogP contribution in [-0.2, 0) is 11.3 Å². The Bertz CT molecular complexity index is 1140. The fourth-order valence-electron chi connectivity index (χ4n) is 3.26. The minimum atomic E-state index is -4.53. The Morgan fingerprint density at radius 1 is 0.655 bits per heavy atom. The van der Waals surface area contributed by atoms with Crippen molar-refractivity contribution in [1.29, 1.82) is 0 Å². The molecule has 2 aliphatic heterocycles. The lowest BCUT2D eigenvalue weighted by molar-refractivity contribution is -0.166. The Balaban J connectivity index is 1.41. The number of hydrogen-bond donors (Lipinski definition) is 0. The SMILES string of the molecule is CC1(c2ccc(-c3cncc(-c4ccc(C5(C(F)(F)F)N=N5)cc4)c3)cc2)N=N1. The van der Waals surface area contributed by atoms with Crippen molar-refractivity contribution in [2.45, 2.75) is 24.4 Å².